The molecule has 0 aromatic carbocycles. The van der Waals surface area contributed by atoms with E-state index in [4.69, 9.17) is 11.6 Å². The second-order valence-corrected chi connectivity index (χ2v) is 9.64. The van der Waals surface area contributed by atoms with Gasteiger partial charge in [-0.15, -0.1) is 11.3 Å². The summed E-state index contributed by atoms with van der Waals surface area (Å²) in [7, 11) is -3.67. The van der Waals surface area contributed by atoms with Crippen LogP contribution in [0, 0.1) is 5.92 Å². The Morgan fingerprint density at radius 1 is 1.25 bits per heavy atom. The van der Waals surface area contributed by atoms with Crippen LogP contribution in [0.2, 0.25) is 5.02 Å². The van der Waals surface area contributed by atoms with Crippen LogP contribution >= 0.6 is 22.9 Å². The molecule has 11 heteroatoms. The summed E-state index contributed by atoms with van der Waals surface area (Å²) in [6.45, 7) is 0.489. The van der Waals surface area contributed by atoms with Crippen molar-refractivity contribution >= 4 is 50.6 Å². The zero-order valence-electron chi connectivity index (χ0n) is 14.8. The number of anilines is 1. The maximum absolute atomic E-state index is 12.3. The van der Waals surface area contributed by atoms with Gasteiger partial charge in [0.05, 0.1) is 11.6 Å². The number of rotatable bonds is 6. The minimum atomic E-state index is -3.67. The van der Waals surface area contributed by atoms with Gasteiger partial charge in [-0.25, -0.2) is 18.1 Å². The van der Waals surface area contributed by atoms with Crippen molar-refractivity contribution in [2.75, 3.05) is 25.0 Å². The first-order chi connectivity index (χ1) is 13.3. The first kappa shape index (κ1) is 20.7. The van der Waals surface area contributed by atoms with E-state index in [1.54, 1.807) is 28.5 Å². The molecule has 1 aliphatic heterocycles. The van der Waals surface area contributed by atoms with Crippen molar-refractivity contribution in [3.05, 3.63) is 40.9 Å². The Morgan fingerprint density at radius 2 is 2.00 bits per heavy atom. The number of carbonyl (C=O) groups is 2. The van der Waals surface area contributed by atoms with Gasteiger partial charge < -0.3 is 10.2 Å². The molecule has 0 unspecified atom stereocenters. The van der Waals surface area contributed by atoms with Crippen molar-refractivity contribution in [1.29, 1.82) is 0 Å². The van der Waals surface area contributed by atoms with Crippen LogP contribution in [0.4, 0.5) is 5.82 Å². The molecular formula is C17H19ClN4O4S2. The average molecular weight is 443 g/mol. The highest BCUT2D eigenvalue weighted by Gasteiger charge is 2.28. The molecule has 0 saturated carbocycles. The maximum Gasteiger partial charge on any atom is 0.250 e. The number of nitrogens with zero attached hydrogens (tertiary/aromatic N) is 2. The molecule has 0 atom stereocenters. The predicted octanol–water partition coefficient (Wildman–Crippen LogP) is 1.95. The molecule has 0 radical (unpaired) electrons. The minimum absolute atomic E-state index is 0.152. The fourth-order valence-corrected chi connectivity index (χ4v) is 4.95. The van der Waals surface area contributed by atoms with Crippen molar-refractivity contribution in [2.24, 2.45) is 5.92 Å². The standard InChI is InChI=1S/C17H19ClN4O4S2/c18-13-3-4-14(19-10-13)21-17(24)12-5-7-22(8-6-12)15(23)11-20-28(25,26)16-2-1-9-27-16/h1-4,9-10,12,20H,5-8,11H2,(H,19,21,24). The summed E-state index contributed by atoms with van der Waals surface area (Å²) >= 11 is 6.86. The molecule has 1 fully saturated rings. The Kier molecular flexibility index (Phi) is 6.65. The highest BCUT2D eigenvalue weighted by molar-refractivity contribution is 7.91. The number of thiophene rings is 1. The van der Waals surface area contributed by atoms with E-state index in [0.717, 1.165) is 11.3 Å². The van der Waals surface area contributed by atoms with Crippen LogP contribution in [0.3, 0.4) is 0 Å². The minimum Gasteiger partial charge on any atom is -0.342 e. The van der Waals surface area contributed by atoms with Gasteiger partial charge in [0, 0.05) is 25.2 Å². The van der Waals surface area contributed by atoms with Crippen LogP contribution in [0.1, 0.15) is 12.8 Å². The van der Waals surface area contributed by atoms with Crippen LogP contribution in [0.15, 0.2) is 40.1 Å². The highest BCUT2D eigenvalue weighted by Crippen LogP contribution is 2.20. The molecule has 28 heavy (non-hydrogen) atoms. The Morgan fingerprint density at radius 3 is 2.61 bits per heavy atom. The normalized spacial score (nSPS) is 15.4. The zero-order chi connectivity index (χ0) is 20.1. The van der Waals surface area contributed by atoms with Crippen LogP contribution in [0.5, 0.6) is 0 Å². The number of sulfonamides is 1. The topological polar surface area (TPSA) is 108 Å². The van der Waals surface area contributed by atoms with Crippen LogP contribution in [-0.2, 0) is 19.6 Å². The SMILES string of the molecule is O=C(Nc1ccc(Cl)cn1)C1CCN(C(=O)CNS(=O)(=O)c2cccs2)CC1. The van der Waals surface area contributed by atoms with Crippen molar-refractivity contribution < 1.29 is 18.0 Å². The van der Waals surface area contributed by atoms with E-state index in [1.165, 1.54) is 12.3 Å². The molecule has 1 aliphatic rings. The third-order valence-corrected chi connectivity index (χ3v) is 7.39. The second-order valence-electron chi connectivity index (χ2n) is 6.26. The summed E-state index contributed by atoms with van der Waals surface area (Å²) < 4.78 is 26.7. The lowest BCUT2D eigenvalue weighted by Crippen LogP contribution is -2.45. The molecule has 2 aromatic rings. The molecule has 0 spiro atoms. The number of nitrogens with one attached hydrogen (secondary N) is 2. The molecule has 2 N–H and O–H groups in total. The number of hydrogen-bond acceptors (Lipinski definition) is 6. The first-order valence-corrected chi connectivity index (χ1v) is 11.3. The summed E-state index contributed by atoms with van der Waals surface area (Å²) in [5, 5.41) is 4.89. The third-order valence-electron chi connectivity index (χ3n) is 4.37. The predicted molar refractivity (Wildman–Crippen MR) is 107 cm³/mol. The van der Waals surface area contributed by atoms with Gasteiger partial charge in [-0.3, -0.25) is 9.59 Å². The lowest BCUT2D eigenvalue weighted by Gasteiger charge is -2.31. The van der Waals surface area contributed by atoms with Crippen molar-refractivity contribution in [2.45, 2.75) is 17.1 Å². The number of amides is 2. The molecule has 0 bridgehead atoms. The molecule has 3 rings (SSSR count). The number of hydrogen-bond donors (Lipinski definition) is 2. The maximum atomic E-state index is 12.3. The lowest BCUT2D eigenvalue weighted by atomic mass is 9.96. The molecule has 0 aliphatic carbocycles. The number of carbonyl (C=O) groups excluding carboxylic acids is 2. The first-order valence-electron chi connectivity index (χ1n) is 8.58. The number of likely N-dealkylation sites (tertiary alicyclic amines) is 1. The van der Waals surface area contributed by atoms with Gasteiger partial charge >= 0.3 is 0 Å². The average Bonchev–Trinajstić information content (AvgIpc) is 3.24. The number of piperidine rings is 1. The van der Waals surface area contributed by atoms with E-state index >= 15 is 0 Å². The van der Waals surface area contributed by atoms with Crippen molar-refractivity contribution in [1.82, 2.24) is 14.6 Å². The van der Waals surface area contributed by atoms with Gasteiger partial charge in [0.2, 0.25) is 11.8 Å². The van der Waals surface area contributed by atoms with Crippen LogP contribution in [0.25, 0.3) is 0 Å². The molecule has 2 aromatic heterocycles. The zero-order valence-corrected chi connectivity index (χ0v) is 17.2. The largest absolute Gasteiger partial charge is 0.342 e. The Labute approximate surface area is 172 Å². The van der Waals surface area contributed by atoms with Crippen LogP contribution in [-0.4, -0.2) is 49.8 Å². The van der Waals surface area contributed by atoms with Gasteiger partial charge in [0.15, 0.2) is 0 Å². The molecule has 150 valence electrons. The van der Waals surface area contributed by atoms with Crippen molar-refractivity contribution in [3.63, 3.8) is 0 Å². The smallest absolute Gasteiger partial charge is 0.250 e. The van der Waals surface area contributed by atoms with Gasteiger partial charge in [0.25, 0.3) is 10.0 Å². The summed E-state index contributed by atoms with van der Waals surface area (Å²) in [4.78, 5) is 30.2. The van der Waals surface area contributed by atoms with E-state index in [0.29, 0.717) is 36.8 Å². The quantitative estimate of drug-likeness (QED) is 0.710. The molecule has 8 nitrogen and oxygen atoms in total. The Balaban J connectivity index is 1.46. The second kappa shape index (κ2) is 8.99. The fourth-order valence-electron chi connectivity index (χ4n) is 2.83. The summed E-state index contributed by atoms with van der Waals surface area (Å²) in [5.41, 5.74) is 0. The summed E-state index contributed by atoms with van der Waals surface area (Å²) in [6, 6.07) is 6.38. The third kappa shape index (κ3) is 5.28. The van der Waals surface area contributed by atoms with E-state index in [9.17, 15) is 18.0 Å². The lowest BCUT2D eigenvalue weighted by molar-refractivity contribution is -0.133. The Bertz CT molecular complexity index is 925. The highest BCUT2D eigenvalue weighted by atomic mass is 35.5. The van der Waals surface area contributed by atoms with Gasteiger partial charge in [-0.05, 0) is 36.4 Å². The van der Waals surface area contributed by atoms with Gasteiger partial charge in [0.1, 0.15) is 10.0 Å². The number of aromatic nitrogens is 1. The van der Waals surface area contributed by atoms with Crippen LogP contribution < -0.4 is 10.0 Å². The number of halogens is 1. The molecule has 2 amide bonds. The molecule has 3 heterocycles. The number of pyridine rings is 1. The monoisotopic (exact) mass is 442 g/mol. The van der Waals surface area contributed by atoms with E-state index < -0.39 is 10.0 Å². The van der Waals surface area contributed by atoms with E-state index in [2.05, 4.69) is 15.0 Å². The fraction of sp³-hybridized carbons (Fsp3) is 0.353. The van der Waals surface area contributed by atoms with Gasteiger partial charge in [-0.1, -0.05) is 17.7 Å². The van der Waals surface area contributed by atoms with Gasteiger partial charge in [-0.2, -0.15) is 0 Å². The molecular weight excluding hydrogens is 424 g/mol. The summed E-state index contributed by atoms with van der Waals surface area (Å²) in [5.74, 6) is -0.265. The van der Waals surface area contributed by atoms with E-state index in [-0.39, 0.29) is 28.5 Å². The Hall–Kier alpha value is -2.01. The van der Waals surface area contributed by atoms with E-state index in [1.807, 2.05) is 0 Å². The molecule has 1 saturated heterocycles. The van der Waals surface area contributed by atoms with Crippen molar-refractivity contribution in [3.8, 4) is 0 Å². The summed E-state index contributed by atoms with van der Waals surface area (Å²) in [6.07, 6.45) is 2.46.